The molecule has 0 spiro atoms. The van der Waals surface area contributed by atoms with Crippen LogP contribution in [-0.4, -0.2) is 34.1 Å². The summed E-state index contributed by atoms with van der Waals surface area (Å²) in [7, 11) is 0. The van der Waals surface area contributed by atoms with Crippen molar-refractivity contribution in [3.8, 4) is 0 Å². The summed E-state index contributed by atoms with van der Waals surface area (Å²) in [4.78, 5) is 29.4. The molecule has 0 bridgehead atoms. The maximum Gasteiger partial charge on any atom is 0.416 e. The van der Waals surface area contributed by atoms with E-state index in [0.717, 1.165) is 36.4 Å². The number of aliphatic hydroxyl groups is 1. The van der Waals surface area contributed by atoms with Crippen LogP contribution in [0.15, 0.2) is 60.8 Å². The maximum absolute atomic E-state index is 13.7. The van der Waals surface area contributed by atoms with Gasteiger partial charge in [-0.3, -0.25) is 9.59 Å². The van der Waals surface area contributed by atoms with Crippen molar-refractivity contribution < 1.29 is 36.6 Å². The fourth-order valence-corrected chi connectivity index (χ4v) is 3.38. The molecule has 2 atom stereocenters. The van der Waals surface area contributed by atoms with E-state index in [0.29, 0.717) is 5.56 Å². The largest absolute Gasteiger partial charge is 0.416 e. The van der Waals surface area contributed by atoms with Gasteiger partial charge >= 0.3 is 6.18 Å². The Morgan fingerprint density at radius 1 is 0.892 bits per heavy atom. The van der Waals surface area contributed by atoms with Crippen LogP contribution in [0.4, 0.5) is 27.8 Å². The smallest absolute Gasteiger partial charge is 0.384 e. The highest BCUT2D eigenvalue weighted by molar-refractivity contribution is 5.89. The maximum atomic E-state index is 13.7. The summed E-state index contributed by atoms with van der Waals surface area (Å²) in [5.74, 6) is -3.61. The van der Waals surface area contributed by atoms with Gasteiger partial charge in [0.25, 0.3) is 0 Å². The number of anilines is 1. The molecule has 1 heterocycles. The number of pyridine rings is 1. The Kier molecular flexibility index (Phi) is 8.77. The number of hydrogen-bond donors (Lipinski definition) is 4. The van der Waals surface area contributed by atoms with Gasteiger partial charge in [0, 0.05) is 25.6 Å². The van der Waals surface area contributed by atoms with Crippen LogP contribution in [-0.2, 0) is 35.2 Å². The molecule has 37 heavy (non-hydrogen) atoms. The van der Waals surface area contributed by atoms with Gasteiger partial charge in [-0.15, -0.1) is 0 Å². The molecular formula is C25H23F5N4O3. The highest BCUT2D eigenvalue weighted by Gasteiger charge is 2.30. The Morgan fingerprint density at radius 2 is 1.54 bits per heavy atom. The topological polar surface area (TPSA) is 117 Å². The first-order valence-electron chi connectivity index (χ1n) is 11.0. The van der Waals surface area contributed by atoms with E-state index in [1.54, 1.807) is 6.07 Å². The van der Waals surface area contributed by atoms with Gasteiger partial charge in [-0.2, -0.15) is 13.2 Å². The lowest BCUT2D eigenvalue weighted by molar-refractivity contribution is -0.137. The fourth-order valence-electron chi connectivity index (χ4n) is 3.38. The minimum atomic E-state index is -4.53. The lowest BCUT2D eigenvalue weighted by Crippen LogP contribution is -2.51. The van der Waals surface area contributed by atoms with E-state index in [1.807, 2.05) is 0 Å². The molecule has 196 valence electrons. The van der Waals surface area contributed by atoms with E-state index in [2.05, 4.69) is 15.6 Å². The number of nitrogens with two attached hydrogens (primary N) is 1. The second-order valence-corrected chi connectivity index (χ2v) is 8.24. The number of aromatic nitrogens is 1. The summed E-state index contributed by atoms with van der Waals surface area (Å²) in [6, 6.07) is 8.77. The minimum Gasteiger partial charge on any atom is -0.384 e. The molecule has 1 aromatic heterocycles. The number of halogens is 5. The summed E-state index contributed by atoms with van der Waals surface area (Å²) in [6.07, 6.45) is -5.34. The SMILES string of the molecule is Nc1ccc(CNC(=O)[C@H](Cc2ccc(F)c(F)c2)NC(=O)C(O)Cc2ccc(C(F)(F)F)cc2)cn1. The molecule has 3 aromatic rings. The zero-order valence-corrected chi connectivity index (χ0v) is 19.2. The number of amides is 2. The van der Waals surface area contributed by atoms with Crippen LogP contribution < -0.4 is 16.4 Å². The second kappa shape index (κ2) is 11.8. The molecule has 0 aliphatic carbocycles. The Labute approximate surface area is 208 Å². The second-order valence-electron chi connectivity index (χ2n) is 8.24. The molecular weight excluding hydrogens is 499 g/mol. The third-order valence-corrected chi connectivity index (χ3v) is 5.38. The number of benzene rings is 2. The number of aliphatic hydroxyl groups excluding tert-OH is 1. The van der Waals surface area contributed by atoms with Crippen LogP contribution in [0.1, 0.15) is 22.3 Å². The van der Waals surface area contributed by atoms with Gasteiger partial charge in [-0.25, -0.2) is 13.8 Å². The zero-order chi connectivity index (χ0) is 27.2. The van der Waals surface area contributed by atoms with Crippen LogP contribution in [0.25, 0.3) is 0 Å². The lowest BCUT2D eigenvalue weighted by atomic mass is 10.0. The predicted octanol–water partition coefficient (Wildman–Crippen LogP) is 2.91. The van der Waals surface area contributed by atoms with Crippen LogP contribution in [0, 0.1) is 11.6 Å². The highest BCUT2D eigenvalue weighted by atomic mass is 19.4. The Bertz CT molecular complexity index is 1230. The third kappa shape index (κ3) is 7.97. The van der Waals surface area contributed by atoms with E-state index < -0.39 is 47.3 Å². The number of nitrogen functional groups attached to an aromatic ring is 1. The quantitative estimate of drug-likeness (QED) is 0.323. The molecule has 0 fully saturated rings. The van der Waals surface area contributed by atoms with Crippen LogP contribution in [0.2, 0.25) is 0 Å². The Hall–Kier alpha value is -4.06. The molecule has 5 N–H and O–H groups in total. The van der Waals surface area contributed by atoms with Crippen LogP contribution in [0.5, 0.6) is 0 Å². The van der Waals surface area contributed by atoms with Crippen molar-refractivity contribution in [2.75, 3.05) is 5.73 Å². The standard InChI is InChI=1S/C25H23F5N4O3/c26-18-7-3-15(9-19(18)27)10-20(23(36)33-13-16-4-8-22(31)32-12-16)34-24(37)21(35)11-14-1-5-17(6-2-14)25(28,29)30/h1-9,12,20-21,35H,10-11,13H2,(H2,31,32)(H,33,36)(H,34,37)/t20-,21?/m0/s1. The van der Waals surface area contributed by atoms with Crippen LogP contribution in [0.3, 0.4) is 0 Å². The first kappa shape index (κ1) is 27.5. The molecule has 7 nitrogen and oxygen atoms in total. The van der Waals surface area contributed by atoms with Crippen molar-refractivity contribution in [1.29, 1.82) is 0 Å². The molecule has 2 amide bonds. The van der Waals surface area contributed by atoms with Crippen LogP contribution >= 0.6 is 0 Å². The predicted molar refractivity (Wildman–Crippen MR) is 124 cm³/mol. The molecule has 3 rings (SSSR count). The summed E-state index contributed by atoms with van der Waals surface area (Å²) >= 11 is 0. The molecule has 0 radical (unpaired) electrons. The van der Waals surface area contributed by atoms with E-state index in [4.69, 9.17) is 5.73 Å². The third-order valence-electron chi connectivity index (χ3n) is 5.38. The van der Waals surface area contributed by atoms with E-state index in [9.17, 15) is 36.6 Å². The van der Waals surface area contributed by atoms with Gasteiger partial charge in [0.2, 0.25) is 11.8 Å². The Balaban J connectivity index is 1.70. The van der Waals surface area contributed by atoms with Crippen molar-refractivity contribution in [2.45, 2.75) is 37.7 Å². The average molecular weight is 522 g/mol. The Morgan fingerprint density at radius 3 is 2.14 bits per heavy atom. The number of nitrogens with zero attached hydrogens (tertiary/aromatic N) is 1. The number of carbonyl (C=O) groups excluding carboxylic acids is 2. The number of nitrogens with one attached hydrogen (secondary N) is 2. The summed E-state index contributed by atoms with van der Waals surface area (Å²) < 4.78 is 65.2. The molecule has 0 aliphatic rings. The minimum absolute atomic E-state index is 0.0182. The van der Waals surface area contributed by atoms with Crippen molar-refractivity contribution in [3.05, 3.63) is 94.7 Å². The molecule has 2 aromatic carbocycles. The van der Waals surface area contributed by atoms with Gasteiger partial charge in [0.05, 0.1) is 5.56 Å². The van der Waals surface area contributed by atoms with Gasteiger partial charge in [0.1, 0.15) is 18.0 Å². The number of rotatable bonds is 9. The number of carbonyl (C=O) groups is 2. The fraction of sp³-hybridized carbons (Fsp3) is 0.240. The molecule has 12 heteroatoms. The molecule has 0 saturated carbocycles. The first-order chi connectivity index (χ1) is 17.4. The zero-order valence-electron chi connectivity index (χ0n) is 19.2. The first-order valence-corrected chi connectivity index (χ1v) is 11.0. The van der Waals surface area contributed by atoms with E-state index >= 15 is 0 Å². The van der Waals surface area contributed by atoms with E-state index in [1.165, 1.54) is 18.3 Å². The van der Waals surface area contributed by atoms with Crippen molar-refractivity contribution >= 4 is 17.6 Å². The molecule has 1 unspecified atom stereocenters. The van der Waals surface area contributed by atoms with Gasteiger partial charge in [0.15, 0.2) is 11.6 Å². The van der Waals surface area contributed by atoms with Crippen molar-refractivity contribution in [2.24, 2.45) is 0 Å². The van der Waals surface area contributed by atoms with Gasteiger partial charge < -0.3 is 21.5 Å². The number of hydrogen-bond acceptors (Lipinski definition) is 5. The summed E-state index contributed by atoms with van der Waals surface area (Å²) in [5.41, 5.74) is 5.70. The van der Waals surface area contributed by atoms with Gasteiger partial charge in [-0.1, -0.05) is 24.3 Å². The normalized spacial score (nSPS) is 13.0. The number of alkyl halides is 3. The highest BCUT2D eigenvalue weighted by Crippen LogP contribution is 2.29. The average Bonchev–Trinajstić information content (AvgIpc) is 2.85. The van der Waals surface area contributed by atoms with Crippen molar-refractivity contribution in [3.63, 3.8) is 0 Å². The lowest BCUT2D eigenvalue weighted by Gasteiger charge is -2.21. The van der Waals surface area contributed by atoms with Gasteiger partial charge in [-0.05, 0) is 47.0 Å². The van der Waals surface area contributed by atoms with Crippen molar-refractivity contribution in [1.82, 2.24) is 15.6 Å². The molecule has 0 aliphatic heterocycles. The molecule has 0 saturated heterocycles. The summed E-state index contributed by atoms with van der Waals surface area (Å²) in [5, 5.41) is 15.3. The monoisotopic (exact) mass is 522 g/mol. The van der Waals surface area contributed by atoms with E-state index in [-0.39, 0.29) is 36.3 Å². The summed E-state index contributed by atoms with van der Waals surface area (Å²) in [6.45, 7) is 0.0182.